The standard InChI is InChI=1S/C16H18BrN5O/c1-3-21(10(2)23)6-7-22-9-13-12-5-4-11(17)8-14(12)19-16(18)15(13)20-22/h4-5,8-9H,3,6-7H2,1-2H3,(H2,18,19). The van der Waals surface area contributed by atoms with Gasteiger partial charge in [0.15, 0.2) is 5.82 Å². The Bertz CT molecular complexity index is 889. The number of halogens is 1. The molecule has 1 amide bonds. The normalized spacial score (nSPS) is 11.3. The van der Waals surface area contributed by atoms with Gasteiger partial charge in [-0.25, -0.2) is 4.98 Å². The molecule has 3 aromatic rings. The van der Waals surface area contributed by atoms with Gasteiger partial charge in [0.05, 0.1) is 12.1 Å². The van der Waals surface area contributed by atoms with Crippen LogP contribution in [0.15, 0.2) is 28.9 Å². The molecule has 0 aliphatic carbocycles. The fraction of sp³-hybridized carbons (Fsp3) is 0.312. The molecule has 0 unspecified atom stereocenters. The second-order valence-electron chi connectivity index (χ2n) is 5.41. The number of benzene rings is 1. The van der Waals surface area contributed by atoms with Crippen molar-refractivity contribution in [2.45, 2.75) is 20.4 Å². The van der Waals surface area contributed by atoms with E-state index >= 15 is 0 Å². The first-order valence-corrected chi connectivity index (χ1v) is 8.26. The lowest BCUT2D eigenvalue weighted by Gasteiger charge is -2.18. The van der Waals surface area contributed by atoms with Crippen molar-refractivity contribution in [3.63, 3.8) is 0 Å². The first-order chi connectivity index (χ1) is 11.0. The third-order valence-corrected chi connectivity index (χ3v) is 4.41. The zero-order valence-corrected chi connectivity index (χ0v) is 14.7. The summed E-state index contributed by atoms with van der Waals surface area (Å²) in [4.78, 5) is 17.7. The molecular formula is C16H18BrN5O. The summed E-state index contributed by atoms with van der Waals surface area (Å²) in [5.74, 6) is 0.490. The quantitative estimate of drug-likeness (QED) is 0.760. The van der Waals surface area contributed by atoms with E-state index in [2.05, 4.69) is 26.0 Å². The lowest BCUT2D eigenvalue weighted by atomic mass is 10.1. The summed E-state index contributed by atoms with van der Waals surface area (Å²) in [6, 6.07) is 5.93. The Labute approximate surface area is 142 Å². The molecule has 0 bridgehead atoms. The number of nitrogens with zero attached hydrogens (tertiary/aromatic N) is 4. The fourth-order valence-electron chi connectivity index (χ4n) is 2.69. The molecule has 23 heavy (non-hydrogen) atoms. The summed E-state index contributed by atoms with van der Waals surface area (Å²) in [6.07, 6.45) is 1.97. The van der Waals surface area contributed by atoms with Crippen LogP contribution in [0.3, 0.4) is 0 Å². The maximum atomic E-state index is 11.5. The summed E-state index contributed by atoms with van der Waals surface area (Å²) in [5.41, 5.74) is 7.58. The molecule has 0 atom stereocenters. The SMILES string of the molecule is CCN(CCn1cc2c(n1)c(N)nc1cc(Br)ccc12)C(C)=O. The lowest BCUT2D eigenvalue weighted by molar-refractivity contribution is -0.128. The molecule has 6 nitrogen and oxygen atoms in total. The summed E-state index contributed by atoms with van der Waals surface area (Å²) < 4.78 is 2.79. The Balaban J connectivity index is 1.99. The number of hydrogen-bond donors (Lipinski definition) is 1. The van der Waals surface area contributed by atoms with Crippen molar-refractivity contribution < 1.29 is 4.79 Å². The monoisotopic (exact) mass is 375 g/mol. The van der Waals surface area contributed by atoms with Crippen molar-refractivity contribution in [2.75, 3.05) is 18.8 Å². The summed E-state index contributed by atoms with van der Waals surface area (Å²) >= 11 is 3.45. The molecule has 0 radical (unpaired) electrons. The molecule has 0 spiro atoms. The van der Waals surface area contributed by atoms with Gasteiger partial charge in [-0.15, -0.1) is 0 Å². The Morgan fingerprint density at radius 2 is 2.17 bits per heavy atom. The molecule has 0 aliphatic heterocycles. The van der Waals surface area contributed by atoms with E-state index in [9.17, 15) is 4.79 Å². The number of carbonyl (C=O) groups is 1. The molecule has 2 aromatic heterocycles. The van der Waals surface area contributed by atoms with Crippen LogP contribution in [0.2, 0.25) is 0 Å². The third kappa shape index (κ3) is 3.01. The van der Waals surface area contributed by atoms with Crippen molar-refractivity contribution in [1.82, 2.24) is 19.7 Å². The van der Waals surface area contributed by atoms with Gasteiger partial charge < -0.3 is 10.6 Å². The minimum Gasteiger partial charge on any atom is -0.382 e. The number of nitrogen functional groups attached to an aromatic ring is 1. The van der Waals surface area contributed by atoms with Crippen LogP contribution in [0.4, 0.5) is 5.82 Å². The van der Waals surface area contributed by atoms with Crippen LogP contribution in [0.25, 0.3) is 21.8 Å². The van der Waals surface area contributed by atoms with E-state index in [-0.39, 0.29) is 5.91 Å². The van der Waals surface area contributed by atoms with E-state index in [4.69, 9.17) is 5.73 Å². The smallest absolute Gasteiger partial charge is 0.219 e. The van der Waals surface area contributed by atoms with Crippen molar-refractivity contribution in [1.29, 1.82) is 0 Å². The second kappa shape index (κ2) is 6.16. The predicted octanol–water partition coefficient (Wildman–Crippen LogP) is 2.80. The van der Waals surface area contributed by atoms with Gasteiger partial charge >= 0.3 is 0 Å². The predicted molar refractivity (Wildman–Crippen MR) is 95.1 cm³/mol. The largest absolute Gasteiger partial charge is 0.382 e. The molecule has 0 aliphatic rings. The van der Waals surface area contributed by atoms with E-state index in [1.54, 1.807) is 11.8 Å². The molecule has 120 valence electrons. The fourth-order valence-corrected chi connectivity index (χ4v) is 3.04. The van der Waals surface area contributed by atoms with Gasteiger partial charge in [0.25, 0.3) is 0 Å². The topological polar surface area (TPSA) is 77.0 Å². The number of fused-ring (bicyclic) bond motifs is 3. The Kier molecular flexibility index (Phi) is 4.21. The molecule has 3 rings (SSSR count). The summed E-state index contributed by atoms with van der Waals surface area (Å²) in [7, 11) is 0. The van der Waals surface area contributed by atoms with Gasteiger partial charge in [-0.3, -0.25) is 9.48 Å². The molecule has 0 saturated heterocycles. The van der Waals surface area contributed by atoms with Gasteiger partial charge in [-0.05, 0) is 19.1 Å². The summed E-state index contributed by atoms with van der Waals surface area (Å²) in [5, 5.41) is 6.52. The number of pyridine rings is 1. The van der Waals surface area contributed by atoms with Gasteiger partial charge in [0.2, 0.25) is 5.91 Å². The second-order valence-corrected chi connectivity index (χ2v) is 6.33. The zero-order chi connectivity index (χ0) is 16.6. The number of aromatic nitrogens is 3. The van der Waals surface area contributed by atoms with Gasteiger partial charge in [-0.2, -0.15) is 5.10 Å². The van der Waals surface area contributed by atoms with E-state index in [1.807, 2.05) is 36.0 Å². The van der Waals surface area contributed by atoms with Crippen molar-refractivity contribution in [3.8, 4) is 0 Å². The zero-order valence-electron chi connectivity index (χ0n) is 13.1. The lowest BCUT2D eigenvalue weighted by Crippen LogP contribution is -2.31. The Morgan fingerprint density at radius 1 is 1.39 bits per heavy atom. The van der Waals surface area contributed by atoms with Crippen molar-refractivity contribution >= 4 is 49.5 Å². The van der Waals surface area contributed by atoms with Crippen LogP contribution in [0.1, 0.15) is 13.8 Å². The average molecular weight is 376 g/mol. The van der Waals surface area contributed by atoms with E-state index in [1.165, 1.54) is 0 Å². The molecule has 0 fully saturated rings. The minimum absolute atomic E-state index is 0.0701. The molecule has 2 heterocycles. The van der Waals surface area contributed by atoms with E-state index in [0.717, 1.165) is 20.8 Å². The van der Waals surface area contributed by atoms with Gasteiger partial charge in [-0.1, -0.05) is 22.0 Å². The van der Waals surface area contributed by atoms with Gasteiger partial charge in [0.1, 0.15) is 5.52 Å². The highest BCUT2D eigenvalue weighted by Gasteiger charge is 2.12. The number of hydrogen-bond acceptors (Lipinski definition) is 4. The molecular weight excluding hydrogens is 358 g/mol. The number of anilines is 1. The number of nitrogens with two attached hydrogens (primary N) is 1. The van der Waals surface area contributed by atoms with Crippen LogP contribution < -0.4 is 5.73 Å². The van der Waals surface area contributed by atoms with Crippen molar-refractivity contribution in [2.24, 2.45) is 0 Å². The highest BCUT2D eigenvalue weighted by Crippen LogP contribution is 2.28. The molecule has 1 aromatic carbocycles. The van der Waals surface area contributed by atoms with E-state index < -0.39 is 0 Å². The third-order valence-electron chi connectivity index (χ3n) is 3.92. The summed E-state index contributed by atoms with van der Waals surface area (Å²) in [6.45, 7) is 5.48. The van der Waals surface area contributed by atoms with Crippen LogP contribution >= 0.6 is 15.9 Å². The number of amides is 1. The first-order valence-electron chi connectivity index (χ1n) is 7.47. The van der Waals surface area contributed by atoms with Crippen molar-refractivity contribution in [3.05, 3.63) is 28.9 Å². The average Bonchev–Trinajstić information content (AvgIpc) is 2.92. The number of likely N-dealkylation sites (N-methyl/N-ethyl adjacent to an activating group) is 1. The maximum absolute atomic E-state index is 11.5. The molecule has 0 saturated carbocycles. The highest BCUT2D eigenvalue weighted by atomic mass is 79.9. The first kappa shape index (κ1) is 15.7. The number of rotatable bonds is 4. The van der Waals surface area contributed by atoms with Crippen LogP contribution in [0, 0.1) is 0 Å². The maximum Gasteiger partial charge on any atom is 0.219 e. The van der Waals surface area contributed by atoms with Gasteiger partial charge in [0, 0.05) is 41.5 Å². The molecule has 7 heteroatoms. The van der Waals surface area contributed by atoms with Crippen LogP contribution in [-0.4, -0.2) is 38.7 Å². The minimum atomic E-state index is 0.0701. The molecule has 2 N–H and O–H groups in total. The van der Waals surface area contributed by atoms with Crippen LogP contribution in [-0.2, 0) is 11.3 Å². The number of carbonyl (C=O) groups excluding carboxylic acids is 1. The Hall–Kier alpha value is -2.15. The Morgan fingerprint density at radius 3 is 2.87 bits per heavy atom. The highest BCUT2D eigenvalue weighted by molar-refractivity contribution is 9.10. The van der Waals surface area contributed by atoms with Crippen LogP contribution in [0.5, 0.6) is 0 Å². The van der Waals surface area contributed by atoms with E-state index in [0.29, 0.717) is 31.0 Å².